The van der Waals surface area contributed by atoms with Crippen molar-refractivity contribution in [3.8, 4) is 11.5 Å². The summed E-state index contributed by atoms with van der Waals surface area (Å²) in [5.74, 6) is 2.05. The maximum atomic E-state index is 12.8. The number of fused-ring (bicyclic) bond motifs is 1. The highest BCUT2D eigenvalue weighted by Crippen LogP contribution is 2.39. The number of amides is 1. The van der Waals surface area contributed by atoms with E-state index < -0.39 is 0 Å². The molecule has 1 aliphatic carbocycles. The van der Waals surface area contributed by atoms with E-state index in [2.05, 4.69) is 22.0 Å². The molecule has 0 radical (unpaired) electrons. The number of carbonyl (C=O) groups excluding carboxylic acids is 1. The number of thiophene rings is 1. The number of aryl methyl sites for hydroxylation is 1. The Bertz CT molecular complexity index is 697. The van der Waals surface area contributed by atoms with Gasteiger partial charge in [0.05, 0.1) is 0 Å². The zero-order chi connectivity index (χ0) is 16.5. The fraction of sp³-hybridized carbons (Fsp3) is 0.611. The first-order valence-corrected chi connectivity index (χ1v) is 9.83. The van der Waals surface area contributed by atoms with Crippen LogP contribution in [0.15, 0.2) is 21.2 Å². The smallest absolute Gasteiger partial charge is 0.248 e. The van der Waals surface area contributed by atoms with Crippen molar-refractivity contribution in [1.29, 1.82) is 0 Å². The van der Waals surface area contributed by atoms with Gasteiger partial charge in [-0.15, -0.1) is 10.2 Å². The number of hydrogen-bond donors (Lipinski definition) is 0. The molecule has 2 aromatic rings. The van der Waals surface area contributed by atoms with E-state index in [1.165, 1.54) is 32.1 Å². The van der Waals surface area contributed by atoms with Gasteiger partial charge in [-0.1, -0.05) is 12.8 Å². The summed E-state index contributed by atoms with van der Waals surface area (Å²) in [6.45, 7) is 2.19. The molecule has 2 fully saturated rings. The normalized spacial score (nSPS) is 26.5. The van der Waals surface area contributed by atoms with Crippen molar-refractivity contribution >= 4 is 17.2 Å². The molecule has 4 rings (SSSR count). The van der Waals surface area contributed by atoms with Crippen LogP contribution in [0.25, 0.3) is 11.5 Å². The van der Waals surface area contributed by atoms with Crippen LogP contribution in [0.3, 0.4) is 0 Å². The molecule has 1 saturated heterocycles. The van der Waals surface area contributed by atoms with Gasteiger partial charge < -0.3 is 9.32 Å². The molecule has 6 heteroatoms. The van der Waals surface area contributed by atoms with Crippen molar-refractivity contribution in [2.45, 2.75) is 64.0 Å². The van der Waals surface area contributed by atoms with Crippen molar-refractivity contribution in [1.82, 2.24) is 15.1 Å². The second kappa shape index (κ2) is 6.67. The highest BCUT2D eigenvalue weighted by atomic mass is 32.1. The van der Waals surface area contributed by atoms with Crippen LogP contribution < -0.4 is 0 Å². The molecule has 24 heavy (non-hydrogen) atoms. The van der Waals surface area contributed by atoms with Gasteiger partial charge in [-0.05, 0) is 43.6 Å². The molecular weight excluding hydrogens is 322 g/mol. The van der Waals surface area contributed by atoms with E-state index in [4.69, 9.17) is 4.42 Å². The minimum Gasteiger partial charge on any atom is -0.421 e. The standard InChI is InChI=1S/C18H23N3O2S/c1-12-10-13-4-2-3-5-15(13)21(12)17(22)7-6-16-19-20-18(23-16)14-8-9-24-11-14/h8-9,11-13,15H,2-7,10H2,1H3/t12-,13+,15+/m1/s1. The lowest BCUT2D eigenvalue weighted by Crippen LogP contribution is -2.42. The largest absolute Gasteiger partial charge is 0.421 e. The topological polar surface area (TPSA) is 59.2 Å². The second-order valence-corrected chi connectivity index (χ2v) is 7.79. The van der Waals surface area contributed by atoms with E-state index in [1.54, 1.807) is 11.3 Å². The summed E-state index contributed by atoms with van der Waals surface area (Å²) in [6.07, 6.45) is 7.18. The van der Waals surface area contributed by atoms with Crippen molar-refractivity contribution in [3.05, 3.63) is 22.7 Å². The van der Waals surface area contributed by atoms with Gasteiger partial charge in [0.25, 0.3) is 0 Å². The first-order chi connectivity index (χ1) is 11.7. The molecule has 1 amide bonds. The number of rotatable bonds is 4. The molecule has 0 bridgehead atoms. The first-order valence-electron chi connectivity index (χ1n) is 8.88. The molecule has 3 atom stereocenters. The number of likely N-dealkylation sites (tertiary alicyclic amines) is 1. The molecule has 0 aromatic carbocycles. The van der Waals surface area contributed by atoms with Crippen molar-refractivity contribution in [2.75, 3.05) is 0 Å². The molecule has 1 aliphatic heterocycles. The van der Waals surface area contributed by atoms with Gasteiger partial charge in [-0.25, -0.2) is 0 Å². The summed E-state index contributed by atoms with van der Waals surface area (Å²) in [7, 11) is 0. The molecule has 0 unspecified atom stereocenters. The van der Waals surface area contributed by atoms with Crippen LogP contribution in [-0.4, -0.2) is 33.1 Å². The summed E-state index contributed by atoms with van der Waals surface area (Å²) >= 11 is 1.60. The van der Waals surface area contributed by atoms with E-state index >= 15 is 0 Å². The zero-order valence-corrected chi connectivity index (χ0v) is 14.8. The van der Waals surface area contributed by atoms with Crippen LogP contribution in [0, 0.1) is 5.92 Å². The highest BCUT2D eigenvalue weighted by molar-refractivity contribution is 7.08. The van der Waals surface area contributed by atoms with Gasteiger partial charge in [0.1, 0.15) is 0 Å². The Hall–Kier alpha value is -1.69. The number of nitrogens with zero attached hydrogens (tertiary/aromatic N) is 3. The molecule has 128 valence electrons. The SMILES string of the molecule is C[C@@H]1C[C@@H]2CCCC[C@@H]2N1C(=O)CCc1nnc(-c2ccsc2)o1. The Labute approximate surface area is 146 Å². The molecule has 2 aromatic heterocycles. The van der Waals surface area contributed by atoms with Crippen molar-refractivity contribution < 1.29 is 9.21 Å². The lowest BCUT2D eigenvalue weighted by molar-refractivity contribution is -0.134. The van der Waals surface area contributed by atoms with Gasteiger partial charge >= 0.3 is 0 Å². The summed E-state index contributed by atoms with van der Waals surface area (Å²) in [6, 6.07) is 2.79. The summed E-state index contributed by atoms with van der Waals surface area (Å²) < 4.78 is 5.69. The van der Waals surface area contributed by atoms with Crippen LogP contribution >= 0.6 is 11.3 Å². The monoisotopic (exact) mass is 345 g/mol. The quantitative estimate of drug-likeness (QED) is 0.843. The van der Waals surface area contributed by atoms with E-state index in [0.717, 1.165) is 5.56 Å². The van der Waals surface area contributed by atoms with Crippen LogP contribution in [0.1, 0.15) is 51.3 Å². The lowest BCUT2D eigenvalue weighted by Gasteiger charge is -2.33. The average Bonchev–Trinajstić information content (AvgIpc) is 3.31. The summed E-state index contributed by atoms with van der Waals surface area (Å²) in [5, 5.41) is 12.1. The van der Waals surface area contributed by atoms with Crippen LogP contribution in [0.2, 0.25) is 0 Å². The maximum absolute atomic E-state index is 12.8. The molecule has 0 N–H and O–H groups in total. The fourth-order valence-electron chi connectivity index (χ4n) is 4.34. The first kappa shape index (κ1) is 15.8. The number of hydrogen-bond acceptors (Lipinski definition) is 5. The Morgan fingerprint density at radius 3 is 3.08 bits per heavy atom. The Balaban J connectivity index is 1.38. The molecular formula is C18H23N3O2S. The third-order valence-corrected chi connectivity index (χ3v) is 6.10. The fourth-order valence-corrected chi connectivity index (χ4v) is 4.97. The summed E-state index contributed by atoms with van der Waals surface area (Å²) in [5.41, 5.74) is 0.947. The van der Waals surface area contributed by atoms with Crippen LogP contribution in [-0.2, 0) is 11.2 Å². The van der Waals surface area contributed by atoms with Gasteiger partial charge in [-0.3, -0.25) is 4.79 Å². The second-order valence-electron chi connectivity index (χ2n) is 7.01. The van der Waals surface area contributed by atoms with Gasteiger partial charge in [0.2, 0.25) is 17.7 Å². The predicted octanol–water partition coefficient (Wildman–Crippen LogP) is 3.91. The number of aromatic nitrogens is 2. The predicted molar refractivity (Wildman–Crippen MR) is 92.6 cm³/mol. The Kier molecular flexibility index (Phi) is 4.39. The zero-order valence-electron chi connectivity index (χ0n) is 14.0. The molecule has 3 heterocycles. The number of carbonyl (C=O) groups is 1. The van der Waals surface area contributed by atoms with Crippen LogP contribution in [0.4, 0.5) is 0 Å². The van der Waals surface area contributed by atoms with Crippen molar-refractivity contribution in [2.24, 2.45) is 5.92 Å². The van der Waals surface area contributed by atoms with Gasteiger partial charge in [0, 0.05) is 35.9 Å². The maximum Gasteiger partial charge on any atom is 0.248 e. The molecule has 1 saturated carbocycles. The Morgan fingerprint density at radius 2 is 2.25 bits per heavy atom. The van der Waals surface area contributed by atoms with Crippen molar-refractivity contribution in [3.63, 3.8) is 0 Å². The van der Waals surface area contributed by atoms with E-state index in [0.29, 0.717) is 42.6 Å². The average molecular weight is 345 g/mol. The molecule has 5 nitrogen and oxygen atoms in total. The minimum absolute atomic E-state index is 0.243. The van der Waals surface area contributed by atoms with E-state index in [9.17, 15) is 4.79 Å². The molecule has 2 aliphatic rings. The highest BCUT2D eigenvalue weighted by Gasteiger charge is 2.42. The van der Waals surface area contributed by atoms with E-state index in [-0.39, 0.29) is 5.91 Å². The van der Waals surface area contributed by atoms with Gasteiger partial charge in [0.15, 0.2) is 0 Å². The Morgan fingerprint density at radius 1 is 1.38 bits per heavy atom. The minimum atomic E-state index is 0.243. The third-order valence-electron chi connectivity index (χ3n) is 5.42. The molecule has 0 spiro atoms. The van der Waals surface area contributed by atoms with Gasteiger partial charge in [-0.2, -0.15) is 11.3 Å². The lowest BCUT2D eigenvalue weighted by atomic mass is 9.85. The van der Waals surface area contributed by atoms with Crippen LogP contribution in [0.5, 0.6) is 0 Å². The summed E-state index contributed by atoms with van der Waals surface area (Å²) in [4.78, 5) is 14.9. The van der Waals surface area contributed by atoms with E-state index in [1.807, 2.05) is 16.8 Å². The third kappa shape index (κ3) is 2.99.